The molecule has 0 saturated heterocycles. The fraction of sp³-hybridized carbons (Fsp3) is 0.692. The highest BCUT2D eigenvalue weighted by molar-refractivity contribution is 8.01. The average Bonchev–Trinajstić information content (AvgIpc) is 3.11. The van der Waals surface area contributed by atoms with Gasteiger partial charge in [0.2, 0.25) is 5.91 Å². The van der Waals surface area contributed by atoms with E-state index in [0.717, 1.165) is 47.3 Å². The predicted octanol–water partition coefficient (Wildman–Crippen LogP) is 1.40. The van der Waals surface area contributed by atoms with Gasteiger partial charge >= 0.3 is 0 Å². The maximum absolute atomic E-state index is 12.4. The van der Waals surface area contributed by atoms with Gasteiger partial charge in [0.15, 0.2) is 10.2 Å². The predicted molar refractivity (Wildman–Crippen MR) is 87.4 cm³/mol. The number of carbonyl (C=O) groups is 1. The maximum Gasteiger partial charge on any atom is 0.230 e. The molecule has 0 saturated carbocycles. The van der Waals surface area contributed by atoms with Crippen molar-refractivity contribution < 1.29 is 4.79 Å². The molecule has 3 rings (SSSR count). The Morgan fingerprint density at radius 2 is 2.30 bits per heavy atom. The Morgan fingerprint density at radius 3 is 3.13 bits per heavy atom. The van der Waals surface area contributed by atoms with Gasteiger partial charge in [-0.15, -0.1) is 15.3 Å². The van der Waals surface area contributed by atoms with Crippen molar-refractivity contribution in [2.24, 2.45) is 0 Å². The Labute approximate surface area is 142 Å². The van der Waals surface area contributed by atoms with Gasteiger partial charge in [0.25, 0.3) is 0 Å². The molecule has 0 aromatic carbocycles. The molecule has 1 N–H and O–H groups in total. The zero-order valence-corrected chi connectivity index (χ0v) is 14.6. The van der Waals surface area contributed by atoms with E-state index in [2.05, 4.69) is 31.0 Å². The van der Waals surface area contributed by atoms with Crippen LogP contribution in [0.4, 0.5) is 0 Å². The highest BCUT2D eigenvalue weighted by Crippen LogP contribution is 2.24. The number of hydrogen-bond acceptors (Lipinski definition) is 8. The molecule has 0 fully saturated rings. The lowest BCUT2D eigenvalue weighted by atomic mass is 10.0. The summed E-state index contributed by atoms with van der Waals surface area (Å²) in [6.45, 7) is 3.40. The molecule has 1 amide bonds. The Bertz CT molecular complexity index is 656. The van der Waals surface area contributed by atoms with Crippen molar-refractivity contribution in [3.05, 3.63) is 10.8 Å². The van der Waals surface area contributed by atoms with Crippen molar-refractivity contribution in [1.82, 2.24) is 35.7 Å². The van der Waals surface area contributed by atoms with E-state index < -0.39 is 0 Å². The summed E-state index contributed by atoms with van der Waals surface area (Å²) in [5, 5.41) is 23.7. The van der Waals surface area contributed by atoms with Crippen LogP contribution in [0.1, 0.15) is 42.4 Å². The van der Waals surface area contributed by atoms with E-state index in [4.69, 9.17) is 0 Å². The highest BCUT2D eigenvalue weighted by atomic mass is 32.2. The van der Waals surface area contributed by atoms with E-state index in [1.54, 1.807) is 27.8 Å². The molecule has 0 unspecified atom stereocenters. The minimum absolute atomic E-state index is 0.0275. The maximum atomic E-state index is 12.4. The first-order chi connectivity index (χ1) is 11.2. The normalized spacial score (nSPS) is 17.5. The number of tetrazole rings is 1. The van der Waals surface area contributed by atoms with E-state index in [1.165, 1.54) is 0 Å². The van der Waals surface area contributed by atoms with Gasteiger partial charge in [-0.05, 0) is 36.6 Å². The number of fused-ring (bicyclic) bond motifs is 1. The summed E-state index contributed by atoms with van der Waals surface area (Å²) in [5.41, 5.74) is 0. The number of amides is 1. The van der Waals surface area contributed by atoms with Gasteiger partial charge in [-0.3, -0.25) is 4.79 Å². The van der Waals surface area contributed by atoms with Crippen molar-refractivity contribution in [2.45, 2.75) is 49.4 Å². The summed E-state index contributed by atoms with van der Waals surface area (Å²) >= 11 is 3.28. The van der Waals surface area contributed by atoms with Gasteiger partial charge in [0.1, 0.15) is 5.01 Å². The van der Waals surface area contributed by atoms with E-state index in [-0.39, 0.29) is 11.8 Å². The minimum atomic E-state index is -0.231. The topological polar surface area (TPSA) is 98.5 Å². The summed E-state index contributed by atoms with van der Waals surface area (Å²) in [6.07, 6.45) is 3.73. The van der Waals surface area contributed by atoms with Gasteiger partial charge in [-0.2, -0.15) is 0 Å². The molecule has 3 heterocycles. The molecule has 124 valence electrons. The third-order valence-electron chi connectivity index (χ3n) is 3.65. The van der Waals surface area contributed by atoms with Crippen molar-refractivity contribution in [1.29, 1.82) is 0 Å². The summed E-state index contributed by atoms with van der Waals surface area (Å²) in [7, 11) is 0. The minimum Gasteiger partial charge on any atom is -0.355 e. The van der Waals surface area contributed by atoms with Crippen LogP contribution >= 0.6 is 23.1 Å². The number of carbonyl (C=O) groups excluding carboxylic acids is 1. The number of hydrogen-bond donors (Lipinski definition) is 1. The van der Waals surface area contributed by atoms with Crippen LogP contribution in [0, 0.1) is 6.92 Å². The molecule has 8 nitrogen and oxygen atoms in total. The smallest absolute Gasteiger partial charge is 0.230 e. The van der Waals surface area contributed by atoms with Gasteiger partial charge in [0, 0.05) is 18.8 Å². The Hall–Kier alpha value is -1.55. The first-order valence-electron chi connectivity index (χ1n) is 7.70. The van der Waals surface area contributed by atoms with E-state index >= 15 is 0 Å². The van der Waals surface area contributed by atoms with Gasteiger partial charge in [-0.25, -0.2) is 4.68 Å². The molecule has 0 bridgehead atoms. The second-order valence-corrected chi connectivity index (χ2v) is 7.91. The van der Waals surface area contributed by atoms with Crippen molar-refractivity contribution in [3.63, 3.8) is 0 Å². The molecule has 1 aliphatic heterocycles. The SMILES string of the molecule is Cc1nnc(SCCCNC(=O)[C@H]2CCCCn3nnnc32)s1. The number of nitrogens with zero attached hydrogens (tertiary/aromatic N) is 6. The van der Waals surface area contributed by atoms with Crippen LogP contribution in [0.25, 0.3) is 0 Å². The van der Waals surface area contributed by atoms with Gasteiger partial charge in [-0.1, -0.05) is 29.5 Å². The van der Waals surface area contributed by atoms with Crippen molar-refractivity contribution in [2.75, 3.05) is 12.3 Å². The van der Waals surface area contributed by atoms with Crippen LogP contribution in [0.2, 0.25) is 0 Å². The Morgan fingerprint density at radius 1 is 1.39 bits per heavy atom. The number of aryl methyl sites for hydroxylation is 2. The molecule has 10 heteroatoms. The second-order valence-electron chi connectivity index (χ2n) is 5.39. The fourth-order valence-electron chi connectivity index (χ4n) is 2.51. The van der Waals surface area contributed by atoms with Gasteiger partial charge < -0.3 is 5.32 Å². The Kier molecular flexibility index (Phi) is 5.55. The summed E-state index contributed by atoms with van der Waals surface area (Å²) in [5.74, 6) is 1.40. The third-order valence-corrected chi connectivity index (χ3v) is 5.71. The number of thioether (sulfide) groups is 1. The average molecular weight is 353 g/mol. The second kappa shape index (κ2) is 7.82. The van der Waals surface area contributed by atoms with Crippen LogP contribution in [-0.2, 0) is 11.3 Å². The van der Waals surface area contributed by atoms with Crippen LogP contribution in [0.3, 0.4) is 0 Å². The summed E-state index contributed by atoms with van der Waals surface area (Å²) in [6, 6.07) is 0. The van der Waals surface area contributed by atoms with Crippen LogP contribution in [0.15, 0.2) is 4.34 Å². The van der Waals surface area contributed by atoms with E-state index in [1.807, 2.05) is 6.92 Å². The molecule has 2 aromatic rings. The zero-order valence-electron chi connectivity index (χ0n) is 12.9. The largest absolute Gasteiger partial charge is 0.355 e. The van der Waals surface area contributed by atoms with Crippen molar-refractivity contribution in [3.8, 4) is 0 Å². The lowest BCUT2D eigenvalue weighted by molar-refractivity contribution is -0.122. The number of nitrogens with one attached hydrogen (secondary N) is 1. The summed E-state index contributed by atoms with van der Waals surface area (Å²) < 4.78 is 2.74. The Balaban J connectivity index is 1.43. The molecular weight excluding hydrogens is 334 g/mol. The van der Waals surface area contributed by atoms with Crippen molar-refractivity contribution >= 4 is 29.0 Å². The third kappa shape index (κ3) is 4.25. The van der Waals surface area contributed by atoms with E-state index in [9.17, 15) is 4.79 Å². The van der Waals surface area contributed by atoms with Crippen LogP contribution < -0.4 is 5.32 Å². The molecule has 1 aliphatic rings. The molecular formula is C13H19N7OS2. The lowest BCUT2D eigenvalue weighted by Gasteiger charge is -2.13. The first-order valence-corrected chi connectivity index (χ1v) is 9.51. The molecule has 23 heavy (non-hydrogen) atoms. The lowest BCUT2D eigenvalue weighted by Crippen LogP contribution is -2.31. The van der Waals surface area contributed by atoms with Gasteiger partial charge in [0.05, 0.1) is 5.92 Å². The van der Waals surface area contributed by atoms with Crippen LogP contribution in [0.5, 0.6) is 0 Å². The molecule has 0 aliphatic carbocycles. The number of rotatable bonds is 6. The van der Waals surface area contributed by atoms with E-state index in [0.29, 0.717) is 12.4 Å². The fourth-order valence-corrected chi connectivity index (χ4v) is 4.34. The van der Waals surface area contributed by atoms with Crippen LogP contribution in [-0.4, -0.2) is 48.6 Å². The monoisotopic (exact) mass is 353 g/mol. The molecule has 1 atom stereocenters. The number of aromatic nitrogens is 6. The summed E-state index contributed by atoms with van der Waals surface area (Å²) in [4.78, 5) is 12.4. The molecule has 0 radical (unpaired) electrons. The zero-order chi connectivity index (χ0) is 16.1. The molecule has 2 aromatic heterocycles. The molecule has 0 spiro atoms. The first kappa shape index (κ1) is 16.3. The highest BCUT2D eigenvalue weighted by Gasteiger charge is 2.27. The standard InChI is InChI=1S/C13H19N7OS2/c1-9-15-17-13(23-9)22-8-4-6-14-12(21)10-5-2-3-7-20-11(10)16-18-19-20/h10H,2-8H2,1H3,(H,14,21)/t10-/m0/s1. The quantitative estimate of drug-likeness (QED) is 0.619.